The highest BCUT2D eigenvalue weighted by molar-refractivity contribution is 7.98. The summed E-state index contributed by atoms with van der Waals surface area (Å²) in [5.74, 6) is 0. The molecule has 4 aromatic rings. The highest BCUT2D eigenvalue weighted by Gasteiger charge is 2.12. The van der Waals surface area contributed by atoms with Crippen LogP contribution in [0.25, 0.3) is 33.5 Å². The van der Waals surface area contributed by atoms with E-state index in [1.165, 1.54) is 0 Å². The van der Waals surface area contributed by atoms with E-state index in [4.69, 9.17) is 4.98 Å². The first-order valence-electron chi connectivity index (χ1n) is 7.66. The number of aromatic nitrogens is 4. The van der Waals surface area contributed by atoms with Crippen molar-refractivity contribution in [3.05, 3.63) is 60.7 Å². The van der Waals surface area contributed by atoms with Gasteiger partial charge in [-0.1, -0.05) is 6.07 Å². The maximum atomic E-state index is 4.73. The fourth-order valence-electron chi connectivity index (χ4n) is 2.77. The molecule has 24 heavy (non-hydrogen) atoms. The van der Waals surface area contributed by atoms with Gasteiger partial charge in [0.05, 0.1) is 11.4 Å². The molecule has 0 radical (unpaired) electrons. The van der Waals surface area contributed by atoms with Gasteiger partial charge in [-0.05, 0) is 49.1 Å². The summed E-state index contributed by atoms with van der Waals surface area (Å²) in [6.45, 7) is 1.99. The molecule has 0 unspecified atom stereocenters. The van der Waals surface area contributed by atoms with Gasteiger partial charge in [0, 0.05) is 40.1 Å². The maximum Gasteiger partial charge on any atom is 0.138 e. The SMILES string of the molecule is CSc1cncc(-c2cc(-c3cccc(C)n3)nc3[nH]ccc23)c1. The largest absolute Gasteiger partial charge is 0.346 e. The van der Waals surface area contributed by atoms with Gasteiger partial charge in [-0.25, -0.2) is 4.98 Å². The van der Waals surface area contributed by atoms with Crippen molar-refractivity contribution in [2.45, 2.75) is 11.8 Å². The van der Waals surface area contributed by atoms with Crippen LogP contribution in [0.4, 0.5) is 0 Å². The number of nitrogens with one attached hydrogen (secondary N) is 1. The average Bonchev–Trinajstić information content (AvgIpc) is 3.09. The smallest absolute Gasteiger partial charge is 0.138 e. The number of pyridine rings is 3. The lowest BCUT2D eigenvalue weighted by Gasteiger charge is -2.08. The van der Waals surface area contributed by atoms with Crippen molar-refractivity contribution in [3.63, 3.8) is 0 Å². The van der Waals surface area contributed by atoms with Gasteiger partial charge < -0.3 is 4.98 Å². The van der Waals surface area contributed by atoms with Crippen molar-refractivity contribution in [1.29, 1.82) is 0 Å². The third-order valence-electron chi connectivity index (χ3n) is 3.94. The van der Waals surface area contributed by atoms with Crippen LogP contribution in [0.2, 0.25) is 0 Å². The molecule has 0 saturated carbocycles. The van der Waals surface area contributed by atoms with Crippen LogP contribution in [0.3, 0.4) is 0 Å². The molecule has 0 aliphatic rings. The van der Waals surface area contributed by atoms with E-state index in [-0.39, 0.29) is 0 Å². The molecule has 0 amide bonds. The van der Waals surface area contributed by atoms with Crippen LogP contribution in [0.1, 0.15) is 5.69 Å². The van der Waals surface area contributed by atoms with Crippen LogP contribution >= 0.6 is 11.8 Å². The summed E-state index contributed by atoms with van der Waals surface area (Å²) in [5.41, 5.74) is 5.78. The van der Waals surface area contributed by atoms with E-state index in [0.717, 1.165) is 44.1 Å². The summed E-state index contributed by atoms with van der Waals surface area (Å²) in [7, 11) is 0. The molecule has 0 aliphatic carbocycles. The third kappa shape index (κ3) is 2.67. The molecule has 0 fully saturated rings. The van der Waals surface area contributed by atoms with Gasteiger partial charge in [-0.3, -0.25) is 9.97 Å². The Morgan fingerprint density at radius 3 is 2.75 bits per heavy atom. The summed E-state index contributed by atoms with van der Waals surface area (Å²) < 4.78 is 0. The number of hydrogen-bond acceptors (Lipinski definition) is 4. The maximum absolute atomic E-state index is 4.73. The Morgan fingerprint density at radius 2 is 1.92 bits per heavy atom. The monoisotopic (exact) mass is 332 g/mol. The molecule has 0 bridgehead atoms. The number of rotatable bonds is 3. The average molecular weight is 332 g/mol. The fourth-order valence-corrected chi connectivity index (χ4v) is 3.18. The Balaban J connectivity index is 1.95. The molecule has 0 spiro atoms. The van der Waals surface area contributed by atoms with E-state index >= 15 is 0 Å². The molecule has 4 rings (SSSR count). The summed E-state index contributed by atoms with van der Waals surface area (Å²) in [5, 5.41) is 1.09. The summed E-state index contributed by atoms with van der Waals surface area (Å²) in [4.78, 5) is 18.1. The van der Waals surface area contributed by atoms with Crippen LogP contribution in [0.5, 0.6) is 0 Å². The minimum atomic E-state index is 0.859. The van der Waals surface area contributed by atoms with Crippen LogP contribution in [0, 0.1) is 6.92 Å². The first-order chi connectivity index (χ1) is 11.7. The van der Waals surface area contributed by atoms with Crippen LogP contribution in [0.15, 0.2) is 59.9 Å². The second-order valence-corrected chi connectivity index (χ2v) is 6.45. The van der Waals surface area contributed by atoms with Crippen molar-refractivity contribution < 1.29 is 0 Å². The Hall–Kier alpha value is -2.66. The molecular formula is C19H16N4S. The predicted octanol–water partition coefficient (Wildman–Crippen LogP) is 4.72. The Labute approximate surface area is 144 Å². The first kappa shape index (κ1) is 14.9. The lowest BCUT2D eigenvalue weighted by molar-refractivity contribution is 1.18. The van der Waals surface area contributed by atoms with Crippen LogP contribution < -0.4 is 0 Å². The van der Waals surface area contributed by atoms with Gasteiger partial charge >= 0.3 is 0 Å². The quantitative estimate of drug-likeness (QED) is 0.552. The van der Waals surface area contributed by atoms with Crippen molar-refractivity contribution in [1.82, 2.24) is 19.9 Å². The zero-order valence-corrected chi connectivity index (χ0v) is 14.3. The van der Waals surface area contributed by atoms with Crippen molar-refractivity contribution >= 4 is 22.8 Å². The Morgan fingerprint density at radius 1 is 1.00 bits per heavy atom. The van der Waals surface area contributed by atoms with Crippen molar-refractivity contribution in [3.8, 4) is 22.5 Å². The Kier molecular flexibility index (Phi) is 3.78. The van der Waals surface area contributed by atoms with E-state index < -0.39 is 0 Å². The van der Waals surface area contributed by atoms with Gasteiger partial charge in [0.2, 0.25) is 0 Å². The normalized spacial score (nSPS) is 11.1. The van der Waals surface area contributed by atoms with Gasteiger partial charge in [0.25, 0.3) is 0 Å². The molecule has 1 N–H and O–H groups in total. The van der Waals surface area contributed by atoms with E-state index in [9.17, 15) is 0 Å². The molecule has 4 nitrogen and oxygen atoms in total. The topological polar surface area (TPSA) is 54.5 Å². The second-order valence-electron chi connectivity index (χ2n) is 5.57. The molecular weight excluding hydrogens is 316 g/mol. The van der Waals surface area contributed by atoms with Gasteiger partial charge in [0.1, 0.15) is 5.65 Å². The predicted molar refractivity (Wildman–Crippen MR) is 99.1 cm³/mol. The highest BCUT2D eigenvalue weighted by atomic mass is 32.2. The number of aromatic amines is 1. The van der Waals surface area contributed by atoms with E-state index in [0.29, 0.717) is 0 Å². The van der Waals surface area contributed by atoms with Crippen molar-refractivity contribution in [2.75, 3.05) is 6.26 Å². The third-order valence-corrected chi connectivity index (χ3v) is 4.63. The standard InChI is InChI=1S/C19H16N4S/c1-12-4-3-5-17(22-12)18-9-16(15-6-7-21-19(15)23-18)13-8-14(24-2)11-20-10-13/h3-11H,1-2H3,(H,21,23). The van der Waals surface area contributed by atoms with Gasteiger partial charge in [-0.2, -0.15) is 0 Å². The molecule has 0 aromatic carbocycles. The molecule has 5 heteroatoms. The number of aryl methyl sites for hydroxylation is 1. The second kappa shape index (κ2) is 6.09. The zero-order valence-electron chi connectivity index (χ0n) is 13.4. The summed E-state index contributed by atoms with van der Waals surface area (Å²) in [6.07, 6.45) is 7.75. The van der Waals surface area contributed by atoms with Gasteiger partial charge in [0.15, 0.2) is 0 Å². The number of nitrogens with zero attached hydrogens (tertiary/aromatic N) is 3. The highest BCUT2D eigenvalue weighted by Crippen LogP contribution is 2.32. The van der Waals surface area contributed by atoms with Gasteiger partial charge in [-0.15, -0.1) is 11.8 Å². The van der Waals surface area contributed by atoms with Crippen LogP contribution in [-0.2, 0) is 0 Å². The lowest BCUT2D eigenvalue weighted by Crippen LogP contribution is -1.92. The molecule has 4 heterocycles. The first-order valence-corrected chi connectivity index (χ1v) is 8.88. The van der Waals surface area contributed by atoms with Crippen LogP contribution in [-0.4, -0.2) is 26.2 Å². The minimum Gasteiger partial charge on any atom is -0.346 e. The minimum absolute atomic E-state index is 0.859. The summed E-state index contributed by atoms with van der Waals surface area (Å²) >= 11 is 1.69. The molecule has 0 saturated heterocycles. The lowest BCUT2D eigenvalue weighted by atomic mass is 10.0. The number of H-pyrrole nitrogens is 1. The Bertz CT molecular complexity index is 1020. The molecule has 118 valence electrons. The zero-order chi connectivity index (χ0) is 16.5. The number of fused-ring (bicyclic) bond motifs is 1. The number of thioether (sulfide) groups is 1. The fraction of sp³-hybridized carbons (Fsp3) is 0.105. The van der Waals surface area contributed by atoms with E-state index in [2.05, 4.69) is 39.4 Å². The molecule has 0 aliphatic heterocycles. The number of hydrogen-bond donors (Lipinski definition) is 1. The molecule has 0 atom stereocenters. The molecule has 4 aromatic heterocycles. The van der Waals surface area contributed by atoms with E-state index in [1.807, 2.05) is 43.7 Å². The van der Waals surface area contributed by atoms with Crippen molar-refractivity contribution in [2.24, 2.45) is 0 Å². The van der Waals surface area contributed by atoms with E-state index in [1.54, 1.807) is 11.8 Å². The summed E-state index contributed by atoms with van der Waals surface area (Å²) in [6, 6.07) is 12.3.